The highest BCUT2D eigenvalue weighted by Crippen LogP contribution is 2.44. The monoisotopic (exact) mass is 168 g/mol. The van der Waals surface area contributed by atoms with E-state index in [9.17, 15) is 0 Å². The Hall–Kier alpha value is -0.0151. The molecule has 0 heterocycles. The van der Waals surface area contributed by atoms with Crippen molar-refractivity contribution in [1.29, 1.82) is 0 Å². The maximum atomic E-state index is 9.09. The van der Waals surface area contributed by atoms with Crippen molar-refractivity contribution in [3.05, 3.63) is 0 Å². The van der Waals surface area contributed by atoms with Crippen molar-refractivity contribution in [2.45, 2.75) is 25.6 Å². The quantitative estimate of drug-likeness (QED) is 0.605. The third kappa shape index (κ3) is 1.67. The highest BCUT2D eigenvalue weighted by molar-refractivity contribution is 6.12. The first-order valence-electron chi connectivity index (χ1n) is 4.71. The zero-order chi connectivity index (χ0) is 9.14. The van der Waals surface area contributed by atoms with Crippen molar-refractivity contribution >= 4 is 7.85 Å². The Kier molecular flexibility index (Phi) is 3.60. The van der Waals surface area contributed by atoms with Gasteiger partial charge in [-0.3, -0.25) is 0 Å². The average molecular weight is 168 g/mol. The topological polar surface area (TPSA) is 40.5 Å². The number of hydrogen-bond acceptors (Lipinski definition) is 2. The van der Waals surface area contributed by atoms with E-state index in [1.807, 2.05) is 0 Å². The summed E-state index contributed by atoms with van der Waals surface area (Å²) in [7, 11) is 5.85. The van der Waals surface area contributed by atoms with E-state index in [1.165, 1.54) is 0 Å². The number of rotatable bonds is 3. The highest BCUT2D eigenvalue weighted by Gasteiger charge is 2.38. The summed E-state index contributed by atoms with van der Waals surface area (Å²) in [6.45, 7) is 2.47. The van der Waals surface area contributed by atoms with Gasteiger partial charge in [-0.1, -0.05) is 25.6 Å². The lowest BCUT2D eigenvalue weighted by Gasteiger charge is -2.22. The van der Waals surface area contributed by atoms with E-state index in [0.29, 0.717) is 11.8 Å². The Morgan fingerprint density at radius 3 is 2.33 bits per heavy atom. The lowest BCUT2D eigenvalue weighted by Crippen LogP contribution is -2.20. The van der Waals surface area contributed by atoms with Gasteiger partial charge >= 0.3 is 0 Å². The van der Waals surface area contributed by atoms with Crippen LogP contribution in [0.1, 0.15) is 19.8 Å². The molecule has 0 saturated heterocycles. The van der Waals surface area contributed by atoms with E-state index >= 15 is 0 Å². The molecule has 0 aromatic rings. The molecule has 0 aromatic carbocycles. The van der Waals surface area contributed by atoms with Crippen molar-refractivity contribution in [2.75, 3.05) is 13.2 Å². The van der Waals surface area contributed by atoms with E-state index in [1.54, 1.807) is 0 Å². The van der Waals surface area contributed by atoms with E-state index in [-0.39, 0.29) is 24.9 Å². The molecule has 4 atom stereocenters. The van der Waals surface area contributed by atoms with Crippen LogP contribution in [0.15, 0.2) is 0 Å². The molecule has 12 heavy (non-hydrogen) atoms. The minimum atomic E-state index is 0.0806. The van der Waals surface area contributed by atoms with Gasteiger partial charge < -0.3 is 10.2 Å². The Morgan fingerprint density at radius 1 is 1.25 bits per heavy atom. The molecule has 2 nitrogen and oxygen atoms in total. The van der Waals surface area contributed by atoms with Gasteiger partial charge in [0.05, 0.1) is 7.85 Å². The fourth-order valence-corrected chi connectivity index (χ4v) is 2.48. The van der Waals surface area contributed by atoms with Crippen molar-refractivity contribution in [3.63, 3.8) is 0 Å². The Morgan fingerprint density at radius 2 is 1.92 bits per heavy atom. The van der Waals surface area contributed by atoms with Crippen LogP contribution in [0.5, 0.6) is 0 Å². The number of aliphatic hydroxyl groups excluding tert-OH is 2. The first-order valence-corrected chi connectivity index (χ1v) is 4.71. The first kappa shape index (κ1) is 10.1. The van der Waals surface area contributed by atoms with Crippen LogP contribution in [0.3, 0.4) is 0 Å². The zero-order valence-electron chi connectivity index (χ0n) is 7.61. The SMILES string of the molecule is [B][C@@H]1CC(CO)[C@@H](CC)C1CO. The second-order valence-corrected chi connectivity index (χ2v) is 3.76. The van der Waals surface area contributed by atoms with Crippen molar-refractivity contribution in [2.24, 2.45) is 17.8 Å². The zero-order valence-corrected chi connectivity index (χ0v) is 7.61. The summed E-state index contributed by atoms with van der Waals surface area (Å²) in [5.74, 6) is 1.00. The molecule has 3 heteroatoms. The summed E-state index contributed by atoms with van der Waals surface area (Å²) in [4.78, 5) is 0. The molecule has 0 aliphatic heterocycles. The molecular weight excluding hydrogens is 151 g/mol. The molecule has 1 saturated carbocycles. The van der Waals surface area contributed by atoms with Gasteiger partial charge in [0.2, 0.25) is 0 Å². The van der Waals surface area contributed by atoms with Crippen LogP contribution in [-0.4, -0.2) is 31.3 Å². The lowest BCUT2D eigenvalue weighted by atomic mass is 9.76. The van der Waals surface area contributed by atoms with Gasteiger partial charge in [-0.25, -0.2) is 0 Å². The maximum absolute atomic E-state index is 9.09. The van der Waals surface area contributed by atoms with Gasteiger partial charge in [0.1, 0.15) is 0 Å². The summed E-state index contributed by atoms with van der Waals surface area (Å²) in [6, 6.07) is 0. The van der Waals surface area contributed by atoms with Gasteiger partial charge in [-0.05, 0) is 17.8 Å². The molecule has 0 bridgehead atoms. The smallest absolute Gasteiger partial charge is 0.0704 e. The van der Waals surface area contributed by atoms with Crippen LogP contribution in [0.2, 0.25) is 5.82 Å². The second kappa shape index (κ2) is 4.29. The lowest BCUT2D eigenvalue weighted by molar-refractivity contribution is 0.141. The van der Waals surface area contributed by atoms with E-state index in [2.05, 4.69) is 6.92 Å². The summed E-state index contributed by atoms with van der Waals surface area (Å²) < 4.78 is 0. The van der Waals surface area contributed by atoms with E-state index < -0.39 is 0 Å². The highest BCUT2D eigenvalue weighted by atomic mass is 16.3. The molecular formula is C9H17BO2. The Bertz CT molecular complexity index is 140. The van der Waals surface area contributed by atoms with Gasteiger partial charge in [0.15, 0.2) is 0 Å². The normalized spacial score (nSPS) is 41.9. The van der Waals surface area contributed by atoms with Gasteiger partial charge in [0.25, 0.3) is 0 Å². The molecule has 0 aromatic heterocycles. The van der Waals surface area contributed by atoms with Crippen LogP contribution in [0, 0.1) is 17.8 Å². The summed E-state index contributed by atoms with van der Waals surface area (Å²) >= 11 is 0. The van der Waals surface area contributed by atoms with E-state index in [0.717, 1.165) is 12.8 Å². The molecule has 2 unspecified atom stereocenters. The molecule has 68 valence electrons. The van der Waals surface area contributed by atoms with Crippen LogP contribution in [0.25, 0.3) is 0 Å². The maximum Gasteiger partial charge on any atom is 0.0704 e. The largest absolute Gasteiger partial charge is 0.396 e. The molecule has 0 spiro atoms. The summed E-state index contributed by atoms with van der Waals surface area (Å²) in [6.07, 6.45) is 1.87. The third-order valence-electron chi connectivity index (χ3n) is 3.20. The van der Waals surface area contributed by atoms with Crippen LogP contribution in [-0.2, 0) is 0 Å². The van der Waals surface area contributed by atoms with Gasteiger partial charge in [0, 0.05) is 13.2 Å². The van der Waals surface area contributed by atoms with E-state index in [4.69, 9.17) is 18.1 Å². The molecule has 1 aliphatic rings. The van der Waals surface area contributed by atoms with Gasteiger partial charge in [-0.15, -0.1) is 0 Å². The van der Waals surface area contributed by atoms with Gasteiger partial charge in [-0.2, -0.15) is 0 Å². The fraction of sp³-hybridized carbons (Fsp3) is 1.00. The first-order chi connectivity index (χ1) is 5.74. The standard InChI is InChI=1S/C9H17BO2/c1-2-7-6(4-11)3-9(10)8(7)5-12/h6-9,11-12H,2-5H2,1H3/t6?,7-,8?,9-/m1/s1. The Balaban J connectivity index is 2.61. The average Bonchev–Trinajstić information content (AvgIpc) is 2.40. The van der Waals surface area contributed by atoms with Crippen LogP contribution < -0.4 is 0 Å². The minimum Gasteiger partial charge on any atom is -0.396 e. The molecule has 1 aliphatic carbocycles. The molecule has 1 fully saturated rings. The Labute approximate surface area is 75.4 Å². The molecule has 0 amide bonds. The molecule has 2 radical (unpaired) electrons. The number of aliphatic hydroxyl groups is 2. The van der Waals surface area contributed by atoms with Crippen LogP contribution in [0.4, 0.5) is 0 Å². The molecule has 1 rings (SSSR count). The minimum absolute atomic E-state index is 0.0806. The second-order valence-electron chi connectivity index (χ2n) is 3.76. The van der Waals surface area contributed by atoms with Crippen molar-refractivity contribution < 1.29 is 10.2 Å². The third-order valence-corrected chi connectivity index (χ3v) is 3.20. The predicted molar refractivity (Wildman–Crippen MR) is 49.1 cm³/mol. The number of hydrogen-bond donors (Lipinski definition) is 2. The van der Waals surface area contributed by atoms with Crippen molar-refractivity contribution in [3.8, 4) is 0 Å². The summed E-state index contributed by atoms with van der Waals surface area (Å²) in [5.41, 5.74) is 0. The van der Waals surface area contributed by atoms with Crippen LogP contribution >= 0.6 is 0 Å². The predicted octanol–water partition coefficient (Wildman–Crippen LogP) is 0.590. The molecule has 2 N–H and O–H groups in total. The fourth-order valence-electron chi connectivity index (χ4n) is 2.48. The van der Waals surface area contributed by atoms with Crippen molar-refractivity contribution in [1.82, 2.24) is 0 Å². The summed E-state index contributed by atoms with van der Waals surface area (Å²) in [5, 5.41) is 18.2.